The van der Waals surface area contributed by atoms with Gasteiger partial charge >= 0.3 is 6.18 Å². The second kappa shape index (κ2) is 11.1. The van der Waals surface area contributed by atoms with E-state index in [4.69, 9.17) is 9.72 Å². The first kappa shape index (κ1) is 29.9. The van der Waals surface area contributed by atoms with Crippen molar-refractivity contribution in [2.24, 2.45) is 0 Å². The highest BCUT2D eigenvalue weighted by Gasteiger charge is 2.36. The predicted octanol–water partition coefficient (Wildman–Crippen LogP) is 4.10. The van der Waals surface area contributed by atoms with Gasteiger partial charge in [0.1, 0.15) is 6.10 Å². The van der Waals surface area contributed by atoms with Gasteiger partial charge in [0.05, 0.1) is 42.0 Å². The summed E-state index contributed by atoms with van der Waals surface area (Å²) < 4.78 is 49.0. The summed E-state index contributed by atoms with van der Waals surface area (Å²) in [6.07, 6.45) is -1.14. The molecule has 6 rings (SSSR count). The smallest absolute Gasteiger partial charge is 0.417 e. The number of rotatable bonds is 5. The van der Waals surface area contributed by atoms with Crippen molar-refractivity contribution >= 4 is 21.8 Å². The molecule has 4 aromatic rings. The van der Waals surface area contributed by atoms with Gasteiger partial charge in [-0.2, -0.15) is 18.3 Å². The van der Waals surface area contributed by atoms with E-state index >= 15 is 0 Å². The lowest BCUT2D eigenvalue weighted by Gasteiger charge is -2.34. The molecule has 0 unspecified atom stereocenters. The van der Waals surface area contributed by atoms with Crippen LogP contribution in [0.3, 0.4) is 0 Å². The number of halogens is 4. The second-order valence-electron chi connectivity index (χ2n) is 11.1. The molecule has 1 N–H and O–H groups in total. The number of alkyl halides is 3. The van der Waals surface area contributed by atoms with Crippen LogP contribution in [0, 0.1) is 13.8 Å². The number of aryl methyl sites for hydroxylation is 2. The van der Waals surface area contributed by atoms with E-state index in [9.17, 15) is 27.9 Å². The van der Waals surface area contributed by atoms with Gasteiger partial charge in [0.25, 0.3) is 11.5 Å². The molecule has 1 atom stereocenters. The number of benzene rings is 1. The fraction of sp³-hybridized carbons (Fsp3) is 0.379. The van der Waals surface area contributed by atoms with Crippen LogP contribution in [0.15, 0.2) is 45.9 Å². The van der Waals surface area contributed by atoms with E-state index in [1.54, 1.807) is 20.8 Å². The van der Waals surface area contributed by atoms with Gasteiger partial charge in [0.2, 0.25) is 11.9 Å². The third-order valence-electron chi connectivity index (χ3n) is 7.76. The zero-order chi connectivity index (χ0) is 31.5. The first-order chi connectivity index (χ1) is 20.8. The van der Waals surface area contributed by atoms with Gasteiger partial charge in [-0.05, 0) is 51.5 Å². The SMILES string of the molecule is Cc1cc(C)n(-c2nc3c(c(=O)n2-c2ncc(O[C@H]4C[C@@H](O)C4)cn2)C[C@@H](C)N(C(=O)c2ccc(Br)c(C(F)(F)F)c2)C3)n1. The van der Waals surface area contributed by atoms with Crippen LogP contribution in [0.4, 0.5) is 13.2 Å². The molecule has 2 aliphatic rings. The number of nitrogens with zero attached hydrogens (tertiary/aromatic N) is 7. The monoisotopic (exact) mass is 673 g/mol. The highest BCUT2D eigenvalue weighted by Crippen LogP contribution is 2.36. The van der Waals surface area contributed by atoms with Gasteiger partial charge in [-0.25, -0.2) is 24.2 Å². The van der Waals surface area contributed by atoms with E-state index in [2.05, 4.69) is 31.0 Å². The fourth-order valence-corrected chi connectivity index (χ4v) is 5.90. The molecule has 0 bridgehead atoms. The number of aromatic nitrogens is 6. The van der Waals surface area contributed by atoms with E-state index in [1.807, 2.05) is 6.07 Å². The van der Waals surface area contributed by atoms with E-state index in [0.717, 1.165) is 6.07 Å². The topological polar surface area (TPSA) is 128 Å². The largest absolute Gasteiger partial charge is 0.487 e. The van der Waals surface area contributed by atoms with Crippen molar-refractivity contribution in [1.29, 1.82) is 0 Å². The number of carbonyl (C=O) groups excluding carboxylic acids is 1. The van der Waals surface area contributed by atoms with Crippen LogP contribution in [0.2, 0.25) is 0 Å². The highest BCUT2D eigenvalue weighted by molar-refractivity contribution is 9.10. The molecule has 0 saturated heterocycles. The number of hydrogen-bond acceptors (Lipinski definition) is 8. The van der Waals surface area contributed by atoms with E-state index in [-0.39, 0.29) is 47.1 Å². The average Bonchev–Trinajstić information content (AvgIpc) is 3.29. The second-order valence-corrected chi connectivity index (χ2v) is 11.9. The summed E-state index contributed by atoms with van der Waals surface area (Å²) in [4.78, 5) is 42.5. The molecule has 15 heteroatoms. The first-order valence-electron chi connectivity index (χ1n) is 13.8. The number of carbonyl (C=O) groups is 1. The molecule has 1 aliphatic carbocycles. The van der Waals surface area contributed by atoms with E-state index in [1.165, 1.54) is 38.7 Å². The van der Waals surface area contributed by atoms with Gasteiger partial charge in [-0.3, -0.25) is 9.59 Å². The zero-order valence-electron chi connectivity index (χ0n) is 23.8. The third kappa shape index (κ3) is 5.49. The summed E-state index contributed by atoms with van der Waals surface area (Å²) in [6.45, 7) is 5.21. The van der Waals surface area contributed by atoms with Crippen molar-refractivity contribution in [3.05, 3.63) is 85.3 Å². The van der Waals surface area contributed by atoms with Crippen LogP contribution in [-0.2, 0) is 19.1 Å². The molecular formula is C29H27BrF3N7O4. The van der Waals surface area contributed by atoms with Crippen molar-refractivity contribution in [2.75, 3.05) is 0 Å². The Balaban J connectivity index is 1.39. The minimum absolute atomic E-state index is 0.0366. The van der Waals surface area contributed by atoms with Crippen molar-refractivity contribution < 1.29 is 27.8 Å². The lowest BCUT2D eigenvalue weighted by atomic mass is 9.92. The molecule has 0 spiro atoms. The highest BCUT2D eigenvalue weighted by atomic mass is 79.9. The van der Waals surface area contributed by atoms with Gasteiger partial charge in [0, 0.05) is 40.2 Å². The van der Waals surface area contributed by atoms with Gasteiger partial charge in [0.15, 0.2) is 5.75 Å². The van der Waals surface area contributed by atoms with Gasteiger partial charge in [-0.1, -0.05) is 15.9 Å². The van der Waals surface area contributed by atoms with Gasteiger partial charge in [-0.15, -0.1) is 0 Å². The number of amides is 1. The summed E-state index contributed by atoms with van der Waals surface area (Å²) in [5.41, 5.74) is 0.462. The molecule has 1 aliphatic heterocycles. The molecule has 1 fully saturated rings. The number of hydrogen-bond donors (Lipinski definition) is 1. The minimum atomic E-state index is -4.65. The number of ether oxygens (including phenoxy) is 1. The van der Waals surface area contributed by atoms with Crippen molar-refractivity contribution in [3.63, 3.8) is 0 Å². The molecule has 1 aromatic carbocycles. The summed E-state index contributed by atoms with van der Waals surface area (Å²) in [5.74, 6) is -0.0889. The maximum atomic E-state index is 14.1. The number of aliphatic hydroxyl groups excluding tert-OH is 1. The minimum Gasteiger partial charge on any atom is -0.487 e. The summed E-state index contributed by atoms with van der Waals surface area (Å²) in [5, 5.41) is 14.0. The summed E-state index contributed by atoms with van der Waals surface area (Å²) >= 11 is 2.91. The molecule has 1 amide bonds. The molecular weight excluding hydrogens is 647 g/mol. The zero-order valence-corrected chi connectivity index (χ0v) is 25.4. The molecule has 44 heavy (non-hydrogen) atoms. The molecule has 4 heterocycles. The molecule has 0 radical (unpaired) electrons. The standard InChI is InChI=1S/C29H27BrF3N7O4/c1-14-6-16(3)40(37-14)28-36-24-13-38(25(42)17-4-5-23(30)22(8-17)29(31,32)33)15(2)7-21(24)26(43)39(28)27-34-11-20(12-35-27)44-19-9-18(41)10-19/h4-6,8,11-12,15,18-19,41H,7,9-10,13H2,1-3H3/t15-,18-,19+/m1/s1. The normalized spacial score (nSPS) is 19.8. The van der Waals surface area contributed by atoms with Crippen LogP contribution < -0.4 is 10.3 Å². The fourth-order valence-electron chi connectivity index (χ4n) is 5.43. The number of aliphatic hydroxyl groups is 1. The average molecular weight is 674 g/mol. The van der Waals surface area contributed by atoms with Crippen LogP contribution >= 0.6 is 15.9 Å². The lowest BCUT2D eigenvalue weighted by molar-refractivity contribution is -0.138. The Bertz CT molecular complexity index is 1820. The third-order valence-corrected chi connectivity index (χ3v) is 8.45. The Morgan fingerprint density at radius 1 is 1.14 bits per heavy atom. The molecule has 3 aromatic heterocycles. The van der Waals surface area contributed by atoms with Gasteiger partial charge < -0.3 is 14.7 Å². The van der Waals surface area contributed by atoms with Crippen LogP contribution in [0.1, 0.15) is 58.3 Å². The number of fused-ring (bicyclic) bond motifs is 1. The Morgan fingerprint density at radius 2 is 1.84 bits per heavy atom. The maximum Gasteiger partial charge on any atom is 0.417 e. The predicted molar refractivity (Wildman–Crippen MR) is 154 cm³/mol. The summed E-state index contributed by atoms with van der Waals surface area (Å²) in [7, 11) is 0. The Hall–Kier alpha value is -4.11. The van der Waals surface area contributed by atoms with Crippen molar-refractivity contribution in [2.45, 2.75) is 71.0 Å². The summed E-state index contributed by atoms with van der Waals surface area (Å²) in [6, 6.07) is 4.63. The molecule has 230 valence electrons. The quantitative estimate of drug-likeness (QED) is 0.336. The van der Waals surface area contributed by atoms with Crippen LogP contribution in [-0.4, -0.2) is 63.5 Å². The Morgan fingerprint density at radius 3 is 2.45 bits per heavy atom. The molecule has 11 nitrogen and oxygen atoms in total. The molecule has 1 saturated carbocycles. The first-order valence-corrected chi connectivity index (χ1v) is 14.6. The van der Waals surface area contributed by atoms with E-state index in [0.29, 0.717) is 41.2 Å². The van der Waals surface area contributed by atoms with Crippen molar-refractivity contribution in [3.8, 4) is 17.6 Å². The van der Waals surface area contributed by atoms with Crippen LogP contribution in [0.5, 0.6) is 5.75 Å². The van der Waals surface area contributed by atoms with E-state index < -0.39 is 29.2 Å². The maximum absolute atomic E-state index is 14.1. The van der Waals surface area contributed by atoms with Crippen LogP contribution in [0.25, 0.3) is 11.9 Å². The lowest BCUT2D eigenvalue weighted by Crippen LogP contribution is -2.46. The Labute approximate surface area is 257 Å². The van der Waals surface area contributed by atoms with Crippen molar-refractivity contribution in [1.82, 2.24) is 34.2 Å². The Kier molecular flexibility index (Phi) is 7.56.